The first kappa shape index (κ1) is 23.0. The van der Waals surface area contributed by atoms with Crippen molar-refractivity contribution in [1.82, 2.24) is 10.3 Å². The quantitative estimate of drug-likeness (QED) is 0.560. The van der Waals surface area contributed by atoms with E-state index in [1.165, 1.54) is 6.92 Å². The van der Waals surface area contributed by atoms with E-state index < -0.39 is 24.0 Å². The third-order valence-corrected chi connectivity index (χ3v) is 5.82. The zero-order valence-electron chi connectivity index (χ0n) is 19.2. The minimum atomic E-state index is -1.20. The number of nitrogens with two attached hydrogens (primary N) is 1. The van der Waals surface area contributed by atoms with Crippen LogP contribution >= 0.6 is 0 Å². The number of carbonyl (C=O) groups excluding carboxylic acids is 3. The molecule has 0 bridgehead atoms. The predicted molar refractivity (Wildman–Crippen MR) is 128 cm³/mol. The Labute approximate surface area is 196 Å². The zero-order valence-corrected chi connectivity index (χ0v) is 19.2. The van der Waals surface area contributed by atoms with Crippen LogP contribution in [-0.4, -0.2) is 36.1 Å². The first-order valence-electron chi connectivity index (χ1n) is 10.9. The molecule has 3 N–H and O–H groups in total. The molecule has 0 spiro atoms. The maximum absolute atomic E-state index is 13.2. The minimum Gasteiger partial charge on any atom is -0.496 e. The van der Waals surface area contributed by atoms with E-state index in [1.54, 1.807) is 13.2 Å². The Balaban J connectivity index is 1.76. The van der Waals surface area contributed by atoms with E-state index in [-0.39, 0.29) is 0 Å². The molecule has 174 valence electrons. The second-order valence-electron chi connectivity index (χ2n) is 8.13. The minimum absolute atomic E-state index is 0.379. The highest BCUT2D eigenvalue weighted by Crippen LogP contribution is 2.38. The molecule has 1 unspecified atom stereocenters. The van der Waals surface area contributed by atoms with E-state index in [2.05, 4.69) is 0 Å². The van der Waals surface area contributed by atoms with E-state index in [0.29, 0.717) is 29.3 Å². The van der Waals surface area contributed by atoms with Crippen molar-refractivity contribution in [1.29, 1.82) is 0 Å². The van der Waals surface area contributed by atoms with Crippen LogP contribution < -0.4 is 15.8 Å². The molecule has 0 aliphatic heterocycles. The number of imide groups is 1. The lowest BCUT2D eigenvalue weighted by Gasteiger charge is -2.15. The van der Waals surface area contributed by atoms with E-state index in [4.69, 9.17) is 20.2 Å². The third-order valence-electron chi connectivity index (χ3n) is 5.82. The number of rotatable bonds is 5. The lowest BCUT2D eigenvalue weighted by Crippen LogP contribution is -2.42. The summed E-state index contributed by atoms with van der Waals surface area (Å²) in [5, 5.41) is 2.57. The lowest BCUT2D eigenvalue weighted by molar-refractivity contribution is -0.127. The van der Waals surface area contributed by atoms with Crippen molar-refractivity contribution < 1.29 is 23.9 Å². The average molecular weight is 460 g/mol. The number of allylic oxidation sites excluding steroid dienone is 1. The highest BCUT2D eigenvalue weighted by molar-refractivity contribution is 6.08. The number of para-hydroxylation sites is 1. The van der Waals surface area contributed by atoms with Gasteiger partial charge >= 0.3 is 12.0 Å². The van der Waals surface area contributed by atoms with Gasteiger partial charge < -0.3 is 15.2 Å². The summed E-state index contributed by atoms with van der Waals surface area (Å²) in [6.07, 6.45) is 2.16. The van der Waals surface area contributed by atoms with Crippen LogP contribution in [0, 0.1) is 6.92 Å². The number of pyridine rings is 1. The molecule has 0 saturated carbocycles. The Morgan fingerprint density at radius 1 is 1.15 bits per heavy atom. The van der Waals surface area contributed by atoms with Crippen LogP contribution in [0.3, 0.4) is 0 Å². The normalized spacial score (nSPS) is 14.5. The van der Waals surface area contributed by atoms with E-state index in [0.717, 1.165) is 33.7 Å². The second kappa shape index (κ2) is 9.35. The SMILES string of the molecule is COc1cc(/C=C2\CCc3c2nc2ccccc2c3C(=O)OC(C)C(=O)NC(N)=O)ccc1C. The molecule has 1 aromatic heterocycles. The molecule has 2 aromatic carbocycles. The molecule has 3 aromatic rings. The monoisotopic (exact) mass is 459 g/mol. The van der Waals surface area contributed by atoms with Crippen LogP contribution in [0.2, 0.25) is 0 Å². The number of esters is 1. The number of ether oxygens (including phenoxy) is 2. The van der Waals surface area contributed by atoms with E-state index in [9.17, 15) is 14.4 Å². The van der Waals surface area contributed by atoms with Gasteiger partial charge in [-0.2, -0.15) is 0 Å². The smallest absolute Gasteiger partial charge is 0.339 e. The third kappa shape index (κ3) is 4.47. The molecular formula is C26H25N3O5. The van der Waals surface area contributed by atoms with Crippen molar-refractivity contribution in [3.05, 3.63) is 70.4 Å². The van der Waals surface area contributed by atoms with Crippen molar-refractivity contribution in [3.63, 3.8) is 0 Å². The van der Waals surface area contributed by atoms with Gasteiger partial charge in [-0.3, -0.25) is 10.1 Å². The van der Waals surface area contributed by atoms with Gasteiger partial charge in [-0.05, 0) is 67.2 Å². The molecule has 0 fully saturated rings. The first-order valence-corrected chi connectivity index (χ1v) is 10.9. The Hall–Kier alpha value is -4.20. The summed E-state index contributed by atoms with van der Waals surface area (Å²) in [7, 11) is 1.64. The summed E-state index contributed by atoms with van der Waals surface area (Å²) in [5.41, 5.74) is 10.5. The lowest BCUT2D eigenvalue weighted by atomic mass is 10.0. The molecule has 1 atom stereocenters. The number of aromatic nitrogens is 1. The summed E-state index contributed by atoms with van der Waals surface area (Å²) in [6.45, 7) is 3.37. The van der Waals surface area contributed by atoms with Gasteiger partial charge in [0.05, 0.1) is 23.9 Å². The summed E-state index contributed by atoms with van der Waals surface area (Å²) >= 11 is 0. The van der Waals surface area contributed by atoms with Gasteiger partial charge in [0, 0.05) is 5.39 Å². The van der Waals surface area contributed by atoms with Crippen LogP contribution in [0.25, 0.3) is 22.6 Å². The maximum atomic E-state index is 13.2. The number of primary amides is 1. The molecule has 34 heavy (non-hydrogen) atoms. The highest BCUT2D eigenvalue weighted by atomic mass is 16.5. The van der Waals surface area contributed by atoms with Crippen molar-refractivity contribution in [2.45, 2.75) is 32.8 Å². The zero-order chi connectivity index (χ0) is 24.4. The number of methoxy groups -OCH3 is 1. The molecule has 3 amide bonds. The van der Waals surface area contributed by atoms with Crippen molar-refractivity contribution in [3.8, 4) is 5.75 Å². The molecule has 4 rings (SSSR count). The fourth-order valence-electron chi connectivity index (χ4n) is 4.14. The van der Waals surface area contributed by atoms with Gasteiger partial charge in [-0.15, -0.1) is 0 Å². The van der Waals surface area contributed by atoms with Crippen LogP contribution in [0.4, 0.5) is 4.79 Å². The van der Waals surface area contributed by atoms with Crippen LogP contribution in [-0.2, 0) is 16.0 Å². The van der Waals surface area contributed by atoms with Gasteiger partial charge in [-0.25, -0.2) is 14.6 Å². The molecule has 0 saturated heterocycles. The fraction of sp³-hybridized carbons (Fsp3) is 0.231. The Morgan fingerprint density at radius 2 is 1.91 bits per heavy atom. The number of fused-ring (bicyclic) bond motifs is 2. The van der Waals surface area contributed by atoms with Gasteiger partial charge in [0.25, 0.3) is 5.91 Å². The summed E-state index contributed by atoms with van der Waals surface area (Å²) in [5.74, 6) is -0.642. The number of hydrogen-bond donors (Lipinski definition) is 2. The number of benzene rings is 2. The number of amides is 3. The molecular weight excluding hydrogens is 434 g/mol. The summed E-state index contributed by atoms with van der Waals surface area (Å²) in [6, 6.07) is 12.3. The molecule has 8 heteroatoms. The van der Waals surface area contributed by atoms with Gasteiger partial charge in [0.2, 0.25) is 0 Å². The first-order chi connectivity index (χ1) is 16.3. The Bertz CT molecular complexity index is 1350. The highest BCUT2D eigenvalue weighted by Gasteiger charge is 2.29. The second-order valence-corrected chi connectivity index (χ2v) is 8.13. The van der Waals surface area contributed by atoms with Crippen molar-refractivity contribution >= 4 is 40.5 Å². The fourth-order valence-corrected chi connectivity index (χ4v) is 4.14. The molecule has 8 nitrogen and oxygen atoms in total. The number of nitrogens with one attached hydrogen (secondary N) is 1. The van der Waals surface area contributed by atoms with Crippen LogP contribution in [0.1, 0.15) is 46.1 Å². The molecule has 1 heterocycles. The number of hydrogen-bond acceptors (Lipinski definition) is 6. The van der Waals surface area contributed by atoms with Crippen LogP contribution in [0.5, 0.6) is 5.75 Å². The van der Waals surface area contributed by atoms with Crippen molar-refractivity contribution in [2.75, 3.05) is 7.11 Å². The summed E-state index contributed by atoms with van der Waals surface area (Å²) in [4.78, 5) is 41.1. The summed E-state index contributed by atoms with van der Waals surface area (Å²) < 4.78 is 10.8. The Kier molecular flexibility index (Phi) is 6.32. The molecule has 1 aliphatic carbocycles. The topological polar surface area (TPSA) is 121 Å². The number of carbonyl (C=O) groups is 3. The van der Waals surface area contributed by atoms with E-state index >= 15 is 0 Å². The van der Waals surface area contributed by atoms with Gasteiger partial charge in [0.15, 0.2) is 6.10 Å². The number of nitrogens with zero attached hydrogens (tertiary/aromatic N) is 1. The van der Waals surface area contributed by atoms with E-state index in [1.807, 2.05) is 54.7 Å². The largest absolute Gasteiger partial charge is 0.496 e. The average Bonchev–Trinajstić information content (AvgIpc) is 3.19. The van der Waals surface area contributed by atoms with Crippen LogP contribution in [0.15, 0.2) is 42.5 Å². The number of aryl methyl sites for hydroxylation is 1. The van der Waals surface area contributed by atoms with Gasteiger partial charge in [0.1, 0.15) is 5.75 Å². The molecule has 1 aliphatic rings. The maximum Gasteiger partial charge on any atom is 0.339 e. The predicted octanol–water partition coefficient (Wildman–Crippen LogP) is 3.78. The Morgan fingerprint density at radius 3 is 2.65 bits per heavy atom. The standard InChI is InChI=1S/C26H25N3O5/c1-14-8-9-16(13-21(14)33-3)12-17-10-11-19-22(18-6-4-5-7-20(18)28-23(17)19)25(31)34-15(2)24(30)29-26(27)32/h4-9,12-13,15H,10-11H2,1-3H3,(H3,27,29,30,32)/b17-12+. The van der Waals surface area contributed by atoms with Gasteiger partial charge in [-0.1, -0.05) is 30.3 Å². The van der Waals surface area contributed by atoms with Crippen molar-refractivity contribution in [2.24, 2.45) is 5.73 Å². The molecule has 0 radical (unpaired) electrons. The number of urea groups is 1.